The fourth-order valence-corrected chi connectivity index (χ4v) is 5.14. The normalized spacial score (nSPS) is 12.0. The van der Waals surface area contributed by atoms with Crippen LogP contribution in [0.2, 0.25) is 0 Å². The van der Waals surface area contributed by atoms with E-state index in [1.165, 1.54) is 4.31 Å². The number of nitrogens with zero attached hydrogens (tertiary/aromatic N) is 1. The zero-order valence-electron chi connectivity index (χ0n) is 18.8. The molecule has 0 radical (unpaired) electrons. The highest BCUT2D eigenvalue weighted by Gasteiger charge is 2.25. The molecule has 6 heteroatoms. The van der Waals surface area contributed by atoms with Crippen LogP contribution < -0.4 is 9.62 Å². The van der Waals surface area contributed by atoms with Crippen LogP contribution in [-0.2, 0) is 16.6 Å². The maximum atomic E-state index is 13.4. The molecule has 1 amide bonds. The van der Waals surface area contributed by atoms with E-state index in [9.17, 15) is 13.2 Å². The van der Waals surface area contributed by atoms with Gasteiger partial charge >= 0.3 is 0 Å². The summed E-state index contributed by atoms with van der Waals surface area (Å²) in [4.78, 5) is 12.9. The predicted molar refractivity (Wildman–Crippen MR) is 135 cm³/mol. The summed E-state index contributed by atoms with van der Waals surface area (Å²) in [6.45, 7) is 2.08. The monoisotopic (exact) mass is 470 g/mol. The molecule has 0 bridgehead atoms. The molecule has 1 atom stereocenters. The summed E-state index contributed by atoms with van der Waals surface area (Å²) < 4.78 is 28.2. The van der Waals surface area contributed by atoms with E-state index in [4.69, 9.17) is 0 Å². The number of hydrogen-bond acceptors (Lipinski definition) is 3. The molecular formula is C28H26N2O3S. The van der Waals surface area contributed by atoms with Crippen molar-refractivity contribution < 1.29 is 13.2 Å². The third kappa shape index (κ3) is 5.35. The third-order valence-electron chi connectivity index (χ3n) is 5.56. The lowest BCUT2D eigenvalue weighted by Crippen LogP contribution is -2.30. The van der Waals surface area contributed by atoms with Crippen LogP contribution in [0.3, 0.4) is 0 Å². The standard InChI is InChI=1S/C28H26N2O3S/c1-22(24-11-5-2-6-12-24)29-28(31)25-19-17-23(18-20-25)21-30(26-13-7-3-8-14-26)34(32,33)27-15-9-4-10-16-27/h2-20,22H,21H2,1H3,(H,29,31)/t22-/m1/s1. The lowest BCUT2D eigenvalue weighted by Gasteiger charge is -2.25. The number of nitrogens with one attached hydrogen (secondary N) is 1. The van der Waals surface area contributed by atoms with Crippen LogP contribution in [0, 0.1) is 0 Å². The summed E-state index contributed by atoms with van der Waals surface area (Å²) >= 11 is 0. The van der Waals surface area contributed by atoms with Crippen molar-refractivity contribution in [2.45, 2.75) is 24.4 Å². The van der Waals surface area contributed by atoms with Crippen LogP contribution in [0.25, 0.3) is 0 Å². The average molecular weight is 471 g/mol. The molecule has 0 unspecified atom stereocenters. The van der Waals surface area contributed by atoms with E-state index in [1.807, 2.05) is 55.5 Å². The number of para-hydroxylation sites is 1. The Kier molecular flexibility index (Phi) is 7.09. The van der Waals surface area contributed by atoms with Crippen molar-refractivity contribution in [3.8, 4) is 0 Å². The maximum absolute atomic E-state index is 13.4. The maximum Gasteiger partial charge on any atom is 0.264 e. The van der Waals surface area contributed by atoms with Gasteiger partial charge in [-0.05, 0) is 54.4 Å². The van der Waals surface area contributed by atoms with Gasteiger partial charge in [0.05, 0.1) is 23.2 Å². The van der Waals surface area contributed by atoms with E-state index in [-0.39, 0.29) is 23.4 Å². The van der Waals surface area contributed by atoms with Gasteiger partial charge in [0.25, 0.3) is 15.9 Å². The van der Waals surface area contributed by atoms with E-state index in [0.29, 0.717) is 11.3 Å². The minimum Gasteiger partial charge on any atom is -0.346 e. The smallest absolute Gasteiger partial charge is 0.264 e. The van der Waals surface area contributed by atoms with Crippen LogP contribution in [0.15, 0.2) is 120 Å². The number of rotatable bonds is 8. The van der Waals surface area contributed by atoms with E-state index in [2.05, 4.69) is 5.32 Å². The Bertz CT molecular complexity index is 1330. The summed E-state index contributed by atoms with van der Waals surface area (Å²) in [7, 11) is -3.77. The first kappa shape index (κ1) is 23.3. The first-order valence-electron chi connectivity index (χ1n) is 11.0. The molecule has 4 rings (SSSR count). The number of benzene rings is 4. The zero-order chi connectivity index (χ0) is 24.0. The molecule has 1 N–H and O–H groups in total. The van der Waals surface area contributed by atoms with Gasteiger partial charge in [0.2, 0.25) is 0 Å². The van der Waals surface area contributed by atoms with Crippen molar-refractivity contribution in [1.29, 1.82) is 0 Å². The SMILES string of the molecule is C[C@@H](NC(=O)c1ccc(CN(c2ccccc2)S(=O)(=O)c2ccccc2)cc1)c1ccccc1. The Hall–Kier alpha value is -3.90. The fraction of sp³-hybridized carbons (Fsp3) is 0.107. The Morgan fingerprint density at radius 1 is 0.765 bits per heavy atom. The molecule has 0 saturated heterocycles. The number of amides is 1. The summed E-state index contributed by atoms with van der Waals surface area (Å²) in [5.41, 5.74) is 2.89. The molecule has 0 heterocycles. The topological polar surface area (TPSA) is 66.5 Å². The fourth-order valence-electron chi connectivity index (χ4n) is 3.66. The second kappa shape index (κ2) is 10.4. The minimum absolute atomic E-state index is 0.127. The molecule has 5 nitrogen and oxygen atoms in total. The van der Waals surface area contributed by atoms with Crippen LogP contribution >= 0.6 is 0 Å². The van der Waals surface area contributed by atoms with E-state index in [0.717, 1.165) is 11.1 Å². The summed E-state index contributed by atoms with van der Waals surface area (Å²) in [6, 6.07) is 34.1. The number of carbonyl (C=O) groups is 1. The van der Waals surface area contributed by atoms with Crippen molar-refractivity contribution in [2.24, 2.45) is 0 Å². The van der Waals surface area contributed by atoms with Crippen molar-refractivity contribution in [2.75, 3.05) is 4.31 Å². The predicted octanol–water partition coefficient (Wildman–Crippen LogP) is 5.57. The quantitative estimate of drug-likeness (QED) is 0.366. The number of hydrogen-bond donors (Lipinski definition) is 1. The number of carbonyl (C=O) groups excluding carboxylic acids is 1. The van der Waals surface area contributed by atoms with Crippen LogP contribution in [0.1, 0.15) is 34.5 Å². The van der Waals surface area contributed by atoms with E-state index >= 15 is 0 Å². The highest BCUT2D eigenvalue weighted by atomic mass is 32.2. The third-order valence-corrected chi connectivity index (χ3v) is 7.35. The first-order valence-corrected chi connectivity index (χ1v) is 12.5. The van der Waals surface area contributed by atoms with Gasteiger partial charge in [-0.25, -0.2) is 8.42 Å². The number of anilines is 1. The lowest BCUT2D eigenvalue weighted by molar-refractivity contribution is 0.0940. The van der Waals surface area contributed by atoms with Crippen molar-refractivity contribution in [3.05, 3.63) is 132 Å². The first-order chi connectivity index (χ1) is 16.4. The van der Waals surface area contributed by atoms with Crippen molar-refractivity contribution >= 4 is 21.6 Å². The molecule has 0 aliphatic rings. The van der Waals surface area contributed by atoms with Gasteiger partial charge in [-0.15, -0.1) is 0 Å². The van der Waals surface area contributed by atoms with Gasteiger partial charge in [0, 0.05) is 5.56 Å². The molecule has 0 spiro atoms. The van der Waals surface area contributed by atoms with Crippen molar-refractivity contribution in [3.63, 3.8) is 0 Å². The lowest BCUT2D eigenvalue weighted by atomic mass is 10.1. The average Bonchev–Trinajstić information content (AvgIpc) is 2.89. The van der Waals surface area contributed by atoms with E-state index < -0.39 is 10.0 Å². The van der Waals surface area contributed by atoms with Gasteiger partial charge in [0.1, 0.15) is 0 Å². The van der Waals surface area contributed by atoms with Gasteiger partial charge < -0.3 is 5.32 Å². The highest BCUT2D eigenvalue weighted by molar-refractivity contribution is 7.92. The van der Waals surface area contributed by atoms with Crippen LogP contribution in [-0.4, -0.2) is 14.3 Å². The summed E-state index contributed by atoms with van der Waals surface area (Å²) in [6.07, 6.45) is 0. The van der Waals surface area contributed by atoms with Gasteiger partial charge in [0.15, 0.2) is 0 Å². The highest BCUT2D eigenvalue weighted by Crippen LogP contribution is 2.26. The number of sulfonamides is 1. The van der Waals surface area contributed by atoms with Gasteiger partial charge in [-0.1, -0.05) is 78.9 Å². The van der Waals surface area contributed by atoms with Gasteiger partial charge in [-0.3, -0.25) is 9.10 Å². The summed E-state index contributed by atoms with van der Waals surface area (Å²) in [5.74, 6) is -0.181. The van der Waals surface area contributed by atoms with Crippen molar-refractivity contribution in [1.82, 2.24) is 5.32 Å². The molecule has 0 saturated carbocycles. The second-order valence-corrected chi connectivity index (χ2v) is 9.83. The molecule has 172 valence electrons. The molecule has 4 aromatic rings. The van der Waals surface area contributed by atoms with Crippen LogP contribution in [0.4, 0.5) is 5.69 Å². The Morgan fingerprint density at radius 2 is 1.29 bits per heavy atom. The van der Waals surface area contributed by atoms with Gasteiger partial charge in [-0.2, -0.15) is 0 Å². The van der Waals surface area contributed by atoms with E-state index in [1.54, 1.807) is 66.7 Å². The molecular weight excluding hydrogens is 444 g/mol. The Morgan fingerprint density at radius 3 is 1.88 bits per heavy atom. The summed E-state index contributed by atoms with van der Waals surface area (Å²) in [5, 5.41) is 3.00. The molecule has 0 aliphatic carbocycles. The largest absolute Gasteiger partial charge is 0.346 e. The Labute approximate surface area is 200 Å². The van der Waals surface area contributed by atoms with Crippen LogP contribution in [0.5, 0.6) is 0 Å². The molecule has 0 aliphatic heterocycles. The zero-order valence-corrected chi connectivity index (χ0v) is 19.7. The molecule has 0 aromatic heterocycles. The minimum atomic E-state index is -3.77. The second-order valence-electron chi connectivity index (χ2n) is 7.96. The Balaban J connectivity index is 1.54. The molecule has 0 fully saturated rings. The molecule has 4 aromatic carbocycles. The molecule has 34 heavy (non-hydrogen) atoms.